The molecule has 1 aliphatic carbocycles. The van der Waals surface area contributed by atoms with Gasteiger partial charge in [-0.05, 0) is 56.7 Å². The lowest BCUT2D eigenvalue weighted by atomic mass is 9.97. The average molecular weight is 345 g/mol. The third-order valence-corrected chi connectivity index (χ3v) is 4.93. The molecular formula is C19H24FN3O2. The predicted octanol–water partition coefficient (Wildman–Crippen LogP) is 3.01. The van der Waals surface area contributed by atoms with E-state index in [1.807, 2.05) is 33.0 Å². The fourth-order valence-corrected chi connectivity index (χ4v) is 3.52. The van der Waals surface area contributed by atoms with Crippen LogP contribution >= 0.6 is 0 Å². The number of aromatic nitrogens is 2. The van der Waals surface area contributed by atoms with Gasteiger partial charge >= 0.3 is 0 Å². The van der Waals surface area contributed by atoms with Crippen molar-refractivity contribution in [2.24, 2.45) is 7.05 Å². The van der Waals surface area contributed by atoms with E-state index in [0.29, 0.717) is 11.7 Å². The molecule has 1 fully saturated rings. The van der Waals surface area contributed by atoms with E-state index in [2.05, 4.69) is 10.4 Å². The van der Waals surface area contributed by atoms with Crippen molar-refractivity contribution in [1.29, 1.82) is 0 Å². The molecular weight excluding hydrogens is 321 g/mol. The van der Waals surface area contributed by atoms with Crippen molar-refractivity contribution in [3.8, 4) is 5.75 Å². The Labute approximate surface area is 147 Å². The molecule has 3 rings (SSSR count). The molecule has 0 spiro atoms. The van der Waals surface area contributed by atoms with Crippen molar-refractivity contribution >= 4 is 5.91 Å². The monoisotopic (exact) mass is 345 g/mol. The Balaban J connectivity index is 1.49. The quantitative estimate of drug-likeness (QED) is 0.906. The first kappa shape index (κ1) is 17.5. The van der Waals surface area contributed by atoms with Gasteiger partial charge in [-0.3, -0.25) is 9.48 Å². The van der Waals surface area contributed by atoms with E-state index in [0.717, 1.165) is 36.2 Å². The first-order valence-corrected chi connectivity index (χ1v) is 8.62. The molecule has 0 bridgehead atoms. The molecule has 1 aromatic carbocycles. The largest absolute Gasteiger partial charge is 0.480 e. The molecule has 0 radical (unpaired) electrons. The molecule has 1 heterocycles. The Morgan fingerprint density at radius 1 is 1.32 bits per heavy atom. The lowest BCUT2D eigenvalue weighted by Crippen LogP contribution is -2.36. The summed E-state index contributed by atoms with van der Waals surface area (Å²) in [6.45, 7) is 3.77. The van der Waals surface area contributed by atoms with E-state index in [9.17, 15) is 9.18 Å². The topological polar surface area (TPSA) is 56.2 Å². The Kier molecular flexibility index (Phi) is 5.06. The van der Waals surface area contributed by atoms with Gasteiger partial charge in [0.25, 0.3) is 5.91 Å². The SMILES string of the molecule is Cc1nn(C)c(C)c1OCC(=O)N[C@@H]1CC[C@@H](c2ccc(F)cc2)C1. The van der Waals surface area contributed by atoms with E-state index in [-0.39, 0.29) is 24.4 Å². The van der Waals surface area contributed by atoms with Crippen LogP contribution in [0.1, 0.15) is 42.1 Å². The highest BCUT2D eigenvalue weighted by molar-refractivity contribution is 5.78. The van der Waals surface area contributed by atoms with Crippen molar-refractivity contribution in [1.82, 2.24) is 15.1 Å². The zero-order chi connectivity index (χ0) is 18.0. The molecule has 2 atom stereocenters. The molecule has 1 amide bonds. The normalized spacial score (nSPS) is 19.8. The number of halogens is 1. The number of hydrogen-bond donors (Lipinski definition) is 1. The molecule has 0 unspecified atom stereocenters. The van der Waals surface area contributed by atoms with Gasteiger partial charge < -0.3 is 10.1 Å². The Morgan fingerprint density at radius 2 is 2.04 bits per heavy atom. The van der Waals surface area contributed by atoms with Gasteiger partial charge in [-0.1, -0.05) is 12.1 Å². The third kappa shape index (κ3) is 4.00. The fraction of sp³-hybridized carbons (Fsp3) is 0.474. The highest BCUT2D eigenvalue weighted by atomic mass is 19.1. The summed E-state index contributed by atoms with van der Waals surface area (Å²) in [7, 11) is 1.85. The van der Waals surface area contributed by atoms with Crippen molar-refractivity contribution in [3.05, 3.63) is 47.0 Å². The van der Waals surface area contributed by atoms with Crippen LogP contribution in [0.25, 0.3) is 0 Å². The van der Waals surface area contributed by atoms with Crippen LogP contribution in [0.3, 0.4) is 0 Å². The van der Waals surface area contributed by atoms with E-state index in [1.165, 1.54) is 12.1 Å². The highest BCUT2D eigenvalue weighted by Gasteiger charge is 2.27. The van der Waals surface area contributed by atoms with Gasteiger partial charge in [0, 0.05) is 13.1 Å². The van der Waals surface area contributed by atoms with Gasteiger partial charge in [-0.25, -0.2) is 4.39 Å². The number of benzene rings is 1. The summed E-state index contributed by atoms with van der Waals surface area (Å²) in [5, 5.41) is 7.32. The summed E-state index contributed by atoms with van der Waals surface area (Å²) in [6.07, 6.45) is 2.80. The number of aryl methyl sites for hydroxylation is 2. The summed E-state index contributed by atoms with van der Waals surface area (Å²) in [5.41, 5.74) is 2.82. The summed E-state index contributed by atoms with van der Waals surface area (Å²) in [6, 6.07) is 6.80. The average Bonchev–Trinajstić information content (AvgIpc) is 3.12. The molecule has 1 saturated carbocycles. The van der Waals surface area contributed by atoms with Gasteiger partial charge in [0.15, 0.2) is 12.4 Å². The summed E-state index contributed by atoms with van der Waals surface area (Å²) < 4.78 is 20.4. The van der Waals surface area contributed by atoms with Gasteiger partial charge in [-0.15, -0.1) is 0 Å². The highest BCUT2D eigenvalue weighted by Crippen LogP contribution is 2.34. The van der Waals surface area contributed by atoms with Gasteiger partial charge in [0.1, 0.15) is 11.5 Å². The first-order chi connectivity index (χ1) is 11.9. The first-order valence-electron chi connectivity index (χ1n) is 8.62. The number of carbonyl (C=O) groups excluding carboxylic acids is 1. The number of rotatable bonds is 5. The van der Waals surface area contributed by atoms with Gasteiger partial charge in [0.05, 0.1) is 5.69 Å². The standard InChI is InChI=1S/C19H24FN3O2/c1-12-19(13(2)23(3)22-12)25-11-18(24)21-17-9-6-15(10-17)14-4-7-16(20)8-5-14/h4-5,7-8,15,17H,6,9-11H2,1-3H3,(H,21,24)/t15-,17-/m1/s1. The van der Waals surface area contributed by atoms with Crippen LogP contribution < -0.4 is 10.1 Å². The van der Waals surface area contributed by atoms with Crippen LogP contribution in [0.4, 0.5) is 4.39 Å². The minimum Gasteiger partial charge on any atom is -0.480 e. The summed E-state index contributed by atoms with van der Waals surface area (Å²) >= 11 is 0. The maximum Gasteiger partial charge on any atom is 0.258 e. The minimum atomic E-state index is -0.218. The van der Waals surface area contributed by atoms with E-state index < -0.39 is 0 Å². The van der Waals surface area contributed by atoms with Crippen molar-refractivity contribution in [3.63, 3.8) is 0 Å². The molecule has 1 N–H and O–H groups in total. The number of ether oxygens (including phenoxy) is 1. The minimum absolute atomic E-state index is 0.00884. The van der Waals surface area contributed by atoms with Crippen LogP contribution in [0.2, 0.25) is 0 Å². The second-order valence-corrected chi connectivity index (χ2v) is 6.74. The summed E-state index contributed by atoms with van der Waals surface area (Å²) in [4.78, 5) is 12.2. The molecule has 2 aromatic rings. The van der Waals surface area contributed by atoms with E-state index in [4.69, 9.17) is 4.74 Å². The number of nitrogens with one attached hydrogen (secondary N) is 1. The fourth-order valence-electron chi connectivity index (χ4n) is 3.52. The lowest BCUT2D eigenvalue weighted by Gasteiger charge is -2.14. The zero-order valence-corrected chi connectivity index (χ0v) is 14.9. The van der Waals surface area contributed by atoms with Crippen LogP contribution in [-0.2, 0) is 11.8 Å². The van der Waals surface area contributed by atoms with E-state index in [1.54, 1.807) is 4.68 Å². The molecule has 0 aliphatic heterocycles. The van der Waals surface area contributed by atoms with Crippen LogP contribution in [0.5, 0.6) is 5.75 Å². The summed E-state index contributed by atoms with van der Waals surface area (Å²) in [5.74, 6) is 0.708. The van der Waals surface area contributed by atoms with Crippen molar-refractivity contribution in [2.75, 3.05) is 6.61 Å². The van der Waals surface area contributed by atoms with Crippen LogP contribution in [0.15, 0.2) is 24.3 Å². The molecule has 1 aliphatic rings. The van der Waals surface area contributed by atoms with Gasteiger partial charge in [-0.2, -0.15) is 5.10 Å². The number of carbonyl (C=O) groups is 1. The second kappa shape index (κ2) is 7.25. The van der Waals surface area contributed by atoms with Crippen molar-refractivity contribution in [2.45, 2.75) is 45.1 Å². The molecule has 6 heteroatoms. The smallest absolute Gasteiger partial charge is 0.258 e. The van der Waals surface area contributed by atoms with Crippen LogP contribution in [-0.4, -0.2) is 28.3 Å². The van der Waals surface area contributed by atoms with E-state index >= 15 is 0 Å². The molecule has 5 nitrogen and oxygen atoms in total. The number of amides is 1. The van der Waals surface area contributed by atoms with Crippen molar-refractivity contribution < 1.29 is 13.9 Å². The molecule has 1 aromatic heterocycles. The lowest BCUT2D eigenvalue weighted by molar-refractivity contribution is -0.123. The Bertz CT molecular complexity index is 755. The number of nitrogens with zero attached hydrogens (tertiary/aromatic N) is 2. The zero-order valence-electron chi connectivity index (χ0n) is 14.9. The predicted molar refractivity (Wildman–Crippen MR) is 93.1 cm³/mol. The number of hydrogen-bond acceptors (Lipinski definition) is 3. The Hall–Kier alpha value is -2.37. The Morgan fingerprint density at radius 3 is 2.68 bits per heavy atom. The third-order valence-electron chi connectivity index (χ3n) is 4.93. The van der Waals surface area contributed by atoms with Crippen LogP contribution in [0, 0.1) is 19.7 Å². The van der Waals surface area contributed by atoms with Gasteiger partial charge in [0.2, 0.25) is 0 Å². The molecule has 25 heavy (non-hydrogen) atoms. The molecule has 0 saturated heterocycles. The molecule has 134 valence electrons. The second-order valence-electron chi connectivity index (χ2n) is 6.74. The maximum absolute atomic E-state index is 13.0. The maximum atomic E-state index is 13.0.